The maximum Gasteiger partial charge on any atom is 0.221 e. The smallest absolute Gasteiger partial charge is 0.221 e. The molecule has 2 atom stereocenters. The maximum atomic E-state index is 11.5. The molecule has 0 spiro atoms. The predicted molar refractivity (Wildman–Crippen MR) is 73.5 cm³/mol. The molecule has 2 aliphatic rings. The zero-order valence-electron chi connectivity index (χ0n) is 11.9. The van der Waals surface area contributed by atoms with Gasteiger partial charge >= 0.3 is 0 Å². The number of likely N-dealkylation sites (tertiary alicyclic amines) is 1. The molecular formula is C14H27N3O. The van der Waals surface area contributed by atoms with Gasteiger partial charge in [0.05, 0.1) is 0 Å². The Kier molecular flexibility index (Phi) is 4.62. The largest absolute Gasteiger partial charge is 0.354 e. The van der Waals surface area contributed by atoms with Crippen molar-refractivity contribution in [3.8, 4) is 0 Å². The highest BCUT2D eigenvalue weighted by Gasteiger charge is 2.38. The molecule has 2 unspecified atom stereocenters. The molecule has 2 N–H and O–H groups in total. The Morgan fingerprint density at radius 1 is 1.39 bits per heavy atom. The Balaban J connectivity index is 1.61. The second-order valence-corrected chi connectivity index (χ2v) is 6.14. The Hall–Kier alpha value is -0.610. The van der Waals surface area contributed by atoms with E-state index in [-0.39, 0.29) is 11.9 Å². The fraction of sp³-hybridized carbons (Fsp3) is 0.929. The van der Waals surface area contributed by atoms with Gasteiger partial charge in [-0.2, -0.15) is 0 Å². The Morgan fingerprint density at radius 2 is 2.11 bits per heavy atom. The van der Waals surface area contributed by atoms with Crippen molar-refractivity contribution < 1.29 is 4.79 Å². The third-order valence-electron chi connectivity index (χ3n) is 3.87. The number of carbonyl (C=O) groups excluding carboxylic acids is 1. The molecule has 18 heavy (non-hydrogen) atoms. The molecule has 1 amide bonds. The molecule has 4 heteroatoms. The van der Waals surface area contributed by atoms with Gasteiger partial charge in [0.25, 0.3) is 0 Å². The molecular weight excluding hydrogens is 226 g/mol. The molecule has 0 aromatic heterocycles. The number of hydrogen-bond acceptors (Lipinski definition) is 3. The standard InChI is InChI=1S/C14H27N3O/c1-10(2)16-14(18)6-7-15-12-8-11(3)17(9-12)13-4-5-13/h10-13,15H,4-9H2,1-3H3,(H,16,18). The molecule has 2 fully saturated rings. The summed E-state index contributed by atoms with van der Waals surface area (Å²) in [5, 5.41) is 6.45. The van der Waals surface area contributed by atoms with Crippen molar-refractivity contribution in [3.63, 3.8) is 0 Å². The quantitative estimate of drug-likeness (QED) is 0.745. The van der Waals surface area contributed by atoms with Crippen molar-refractivity contribution in [2.24, 2.45) is 0 Å². The lowest BCUT2D eigenvalue weighted by Crippen LogP contribution is -2.37. The van der Waals surface area contributed by atoms with Gasteiger partial charge in [0.1, 0.15) is 0 Å². The molecule has 0 aromatic carbocycles. The van der Waals surface area contributed by atoms with Crippen LogP contribution in [0.1, 0.15) is 46.5 Å². The molecule has 1 saturated carbocycles. The van der Waals surface area contributed by atoms with Crippen LogP contribution in [0.2, 0.25) is 0 Å². The van der Waals surface area contributed by atoms with Gasteiger partial charge in [-0.1, -0.05) is 0 Å². The molecule has 1 aliphatic heterocycles. The summed E-state index contributed by atoms with van der Waals surface area (Å²) in [7, 11) is 0. The highest BCUT2D eigenvalue weighted by Crippen LogP contribution is 2.33. The zero-order valence-corrected chi connectivity index (χ0v) is 11.9. The molecule has 1 saturated heterocycles. The summed E-state index contributed by atoms with van der Waals surface area (Å²) in [6.07, 6.45) is 4.58. The summed E-state index contributed by atoms with van der Waals surface area (Å²) >= 11 is 0. The number of carbonyl (C=O) groups is 1. The third-order valence-corrected chi connectivity index (χ3v) is 3.87. The number of nitrogens with one attached hydrogen (secondary N) is 2. The first-order valence-electron chi connectivity index (χ1n) is 7.34. The zero-order chi connectivity index (χ0) is 13.1. The number of hydrogen-bond donors (Lipinski definition) is 2. The van der Waals surface area contributed by atoms with Crippen molar-refractivity contribution in [3.05, 3.63) is 0 Å². The van der Waals surface area contributed by atoms with Gasteiger partial charge in [-0.25, -0.2) is 0 Å². The minimum Gasteiger partial charge on any atom is -0.354 e. The second kappa shape index (κ2) is 6.02. The van der Waals surface area contributed by atoms with Crippen molar-refractivity contribution in [2.45, 2.75) is 70.6 Å². The predicted octanol–water partition coefficient (Wildman–Crippen LogP) is 1.12. The Bertz CT molecular complexity index is 289. The van der Waals surface area contributed by atoms with E-state index in [1.165, 1.54) is 19.3 Å². The monoisotopic (exact) mass is 253 g/mol. The summed E-state index contributed by atoms with van der Waals surface area (Å²) in [4.78, 5) is 14.1. The molecule has 0 aromatic rings. The van der Waals surface area contributed by atoms with E-state index in [2.05, 4.69) is 22.5 Å². The first-order chi connectivity index (χ1) is 8.56. The van der Waals surface area contributed by atoms with Crippen molar-refractivity contribution in [1.29, 1.82) is 0 Å². The minimum absolute atomic E-state index is 0.155. The summed E-state index contributed by atoms with van der Waals surface area (Å²) in [6, 6.07) is 2.39. The van der Waals surface area contributed by atoms with E-state index in [4.69, 9.17) is 0 Å². The lowest BCUT2D eigenvalue weighted by molar-refractivity contribution is -0.121. The molecule has 4 nitrogen and oxygen atoms in total. The van der Waals surface area contributed by atoms with Gasteiger partial charge in [0, 0.05) is 43.7 Å². The van der Waals surface area contributed by atoms with Gasteiger partial charge in [-0.15, -0.1) is 0 Å². The van der Waals surface area contributed by atoms with E-state index in [0.717, 1.165) is 19.1 Å². The lowest BCUT2D eigenvalue weighted by Gasteiger charge is -2.19. The lowest BCUT2D eigenvalue weighted by atomic mass is 10.2. The average molecular weight is 253 g/mol. The van der Waals surface area contributed by atoms with Gasteiger partial charge in [0.2, 0.25) is 5.91 Å². The molecule has 0 radical (unpaired) electrons. The maximum absolute atomic E-state index is 11.5. The van der Waals surface area contributed by atoms with Gasteiger partial charge in [-0.05, 0) is 40.0 Å². The molecule has 1 aliphatic carbocycles. The van der Waals surface area contributed by atoms with Crippen molar-refractivity contribution in [2.75, 3.05) is 13.1 Å². The van der Waals surface area contributed by atoms with E-state index in [1.54, 1.807) is 0 Å². The fourth-order valence-electron chi connectivity index (χ4n) is 2.90. The second-order valence-electron chi connectivity index (χ2n) is 6.14. The van der Waals surface area contributed by atoms with Crippen LogP contribution in [-0.2, 0) is 4.79 Å². The van der Waals surface area contributed by atoms with Crippen LogP contribution in [0.4, 0.5) is 0 Å². The van der Waals surface area contributed by atoms with Crippen LogP contribution >= 0.6 is 0 Å². The summed E-state index contributed by atoms with van der Waals surface area (Å²) in [5.41, 5.74) is 0. The summed E-state index contributed by atoms with van der Waals surface area (Å²) in [6.45, 7) is 8.28. The minimum atomic E-state index is 0.155. The molecule has 104 valence electrons. The SMILES string of the molecule is CC(C)NC(=O)CCNC1CC(C)N(C2CC2)C1. The van der Waals surface area contributed by atoms with E-state index < -0.39 is 0 Å². The molecule has 0 bridgehead atoms. The highest BCUT2D eigenvalue weighted by molar-refractivity contribution is 5.76. The normalized spacial score (nSPS) is 28.9. The van der Waals surface area contributed by atoms with E-state index in [1.807, 2.05) is 13.8 Å². The Labute approximate surface area is 110 Å². The van der Waals surface area contributed by atoms with Gasteiger partial charge < -0.3 is 10.6 Å². The third kappa shape index (κ3) is 3.95. The number of rotatable bonds is 6. The van der Waals surface area contributed by atoms with Crippen molar-refractivity contribution >= 4 is 5.91 Å². The first-order valence-corrected chi connectivity index (χ1v) is 7.34. The van der Waals surface area contributed by atoms with E-state index in [0.29, 0.717) is 18.5 Å². The van der Waals surface area contributed by atoms with Crippen molar-refractivity contribution in [1.82, 2.24) is 15.5 Å². The van der Waals surface area contributed by atoms with E-state index >= 15 is 0 Å². The fourth-order valence-corrected chi connectivity index (χ4v) is 2.90. The van der Waals surface area contributed by atoms with Gasteiger partial charge in [-0.3, -0.25) is 9.69 Å². The van der Waals surface area contributed by atoms with Crippen LogP contribution in [0.5, 0.6) is 0 Å². The average Bonchev–Trinajstić information content (AvgIpc) is 3.03. The van der Waals surface area contributed by atoms with Gasteiger partial charge in [0.15, 0.2) is 0 Å². The van der Waals surface area contributed by atoms with E-state index in [9.17, 15) is 4.79 Å². The van der Waals surface area contributed by atoms with Crippen LogP contribution in [0, 0.1) is 0 Å². The van der Waals surface area contributed by atoms with Crippen LogP contribution < -0.4 is 10.6 Å². The van der Waals surface area contributed by atoms with Crippen LogP contribution in [0.3, 0.4) is 0 Å². The summed E-state index contributed by atoms with van der Waals surface area (Å²) in [5.74, 6) is 0.155. The van der Waals surface area contributed by atoms with Crippen LogP contribution in [0.15, 0.2) is 0 Å². The highest BCUT2D eigenvalue weighted by atomic mass is 16.1. The number of amides is 1. The van der Waals surface area contributed by atoms with Crippen LogP contribution in [0.25, 0.3) is 0 Å². The molecule has 2 rings (SSSR count). The van der Waals surface area contributed by atoms with Crippen LogP contribution in [-0.4, -0.2) is 48.1 Å². The first kappa shape index (κ1) is 13.8. The number of nitrogens with zero attached hydrogens (tertiary/aromatic N) is 1. The summed E-state index contributed by atoms with van der Waals surface area (Å²) < 4.78 is 0. The topological polar surface area (TPSA) is 44.4 Å². The Morgan fingerprint density at radius 3 is 2.72 bits per heavy atom. The molecule has 1 heterocycles.